The minimum Gasteiger partial charge on any atom is -0.404 e. The first-order valence-corrected chi connectivity index (χ1v) is 5.77. The molecule has 0 atom stereocenters. The molecule has 0 bridgehead atoms. The van der Waals surface area contributed by atoms with Crippen LogP contribution in [0.15, 0.2) is 29.2 Å². The Morgan fingerprint density at radius 1 is 1.28 bits per heavy atom. The van der Waals surface area contributed by atoms with Gasteiger partial charge < -0.3 is 10.5 Å². The van der Waals surface area contributed by atoms with E-state index in [4.69, 9.17) is 0 Å². The second kappa shape index (κ2) is 4.72. The number of amides is 2. The van der Waals surface area contributed by atoms with Crippen LogP contribution in [-0.4, -0.2) is 20.8 Å². The highest BCUT2D eigenvalue weighted by molar-refractivity contribution is 7.90. The molecular formula is C8H7F3N2O4S. The van der Waals surface area contributed by atoms with Crippen molar-refractivity contribution >= 4 is 16.1 Å². The molecule has 1 rings (SSSR count). The normalized spacial score (nSPS) is 11.9. The van der Waals surface area contributed by atoms with Crippen LogP contribution >= 0.6 is 0 Å². The van der Waals surface area contributed by atoms with Crippen molar-refractivity contribution in [3.05, 3.63) is 24.3 Å². The summed E-state index contributed by atoms with van der Waals surface area (Å²) in [5.41, 5.74) is 4.60. The molecule has 0 aliphatic heterocycles. The van der Waals surface area contributed by atoms with Crippen molar-refractivity contribution in [1.82, 2.24) is 4.72 Å². The minimum absolute atomic E-state index is 0.795. The highest BCUT2D eigenvalue weighted by Crippen LogP contribution is 2.28. The zero-order valence-corrected chi connectivity index (χ0v) is 9.38. The van der Waals surface area contributed by atoms with Gasteiger partial charge in [0.05, 0.1) is 0 Å². The number of carbonyl (C=O) groups is 1. The zero-order valence-electron chi connectivity index (χ0n) is 8.56. The van der Waals surface area contributed by atoms with Crippen LogP contribution in [0, 0.1) is 0 Å². The molecule has 0 fully saturated rings. The molecule has 0 heterocycles. The summed E-state index contributed by atoms with van der Waals surface area (Å²) in [5, 5.41) is 0. The number of carbonyl (C=O) groups excluding carboxylic acids is 1. The number of hydrogen-bond acceptors (Lipinski definition) is 4. The predicted molar refractivity (Wildman–Crippen MR) is 53.0 cm³/mol. The van der Waals surface area contributed by atoms with E-state index in [1.54, 1.807) is 0 Å². The molecule has 0 saturated heterocycles. The number of para-hydroxylation sites is 1. The van der Waals surface area contributed by atoms with Crippen LogP contribution in [0.5, 0.6) is 5.75 Å². The van der Waals surface area contributed by atoms with Gasteiger partial charge in [-0.25, -0.2) is 17.9 Å². The summed E-state index contributed by atoms with van der Waals surface area (Å²) in [6.07, 6.45) is -5.06. The summed E-state index contributed by atoms with van der Waals surface area (Å²) < 4.78 is 64.0. The Kier molecular flexibility index (Phi) is 3.70. The Hall–Kier alpha value is -1.97. The lowest BCUT2D eigenvalue weighted by atomic mass is 10.3. The molecule has 6 nitrogen and oxygen atoms in total. The fraction of sp³-hybridized carbons (Fsp3) is 0.125. The molecule has 0 unspecified atom stereocenters. The zero-order chi connectivity index (χ0) is 14.0. The lowest BCUT2D eigenvalue weighted by molar-refractivity contribution is -0.275. The maximum Gasteiger partial charge on any atom is 0.573 e. The van der Waals surface area contributed by atoms with Gasteiger partial charge in [0.15, 0.2) is 0 Å². The second-order valence-electron chi connectivity index (χ2n) is 2.96. The maximum absolute atomic E-state index is 12.0. The van der Waals surface area contributed by atoms with Crippen LogP contribution in [0.1, 0.15) is 0 Å². The number of sulfonamides is 1. The van der Waals surface area contributed by atoms with Crippen LogP contribution in [0.4, 0.5) is 18.0 Å². The van der Waals surface area contributed by atoms with Gasteiger partial charge in [-0.3, -0.25) is 0 Å². The van der Waals surface area contributed by atoms with E-state index >= 15 is 0 Å². The molecule has 18 heavy (non-hydrogen) atoms. The smallest absolute Gasteiger partial charge is 0.404 e. The number of rotatable bonds is 3. The summed E-state index contributed by atoms with van der Waals surface area (Å²) in [5.74, 6) is -0.959. The molecule has 100 valence electrons. The van der Waals surface area contributed by atoms with Crippen LogP contribution in [0.25, 0.3) is 0 Å². The molecule has 0 aliphatic rings. The quantitative estimate of drug-likeness (QED) is 0.863. The van der Waals surface area contributed by atoms with Gasteiger partial charge in [-0.1, -0.05) is 12.1 Å². The Bertz CT molecular complexity index is 556. The van der Waals surface area contributed by atoms with Crippen molar-refractivity contribution in [2.45, 2.75) is 11.3 Å². The number of nitrogens with two attached hydrogens (primary N) is 1. The van der Waals surface area contributed by atoms with E-state index in [0.717, 1.165) is 18.2 Å². The van der Waals surface area contributed by atoms with E-state index in [0.29, 0.717) is 0 Å². The first-order chi connectivity index (χ1) is 8.12. The standard InChI is InChI=1S/C8H7F3N2O4S/c9-8(10,11)17-5-3-1-2-4-6(5)18(15,16)13-7(12)14/h1-4H,(H3,12,13,14). The van der Waals surface area contributed by atoms with Gasteiger partial charge in [0.25, 0.3) is 10.0 Å². The van der Waals surface area contributed by atoms with Crippen molar-refractivity contribution < 1.29 is 31.1 Å². The van der Waals surface area contributed by atoms with Gasteiger partial charge in [0.2, 0.25) is 0 Å². The summed E-state index contributed by atoms with van der Waals surface area (Å²) >= 11 is 0. The third-order valence-corrected chi connectivity index (χ3v) is 2.99. The highest BCUT2D eigenvalue weighted by Gasteiger charge is 2.34. The monoisotopic (exact) mass is 284 g/mol. The molecule has 3 N–H and O–H groups in total. The van der Waals surface area contributed by atoms with Crippen LogP contribution in [0.3, 0.4) is 0 Å². The topological polar surface area (TPSA) is 98.5 Å². The van der Waals surface area contributed by atoms with E-state index in [-0.39, 0.29) is 0 Å². The molecule has 10 heteroatoms. The first kappa shape index (κ1) is 14.1. The van der Waals surface area contributed by atoms with Crippen LogP contribution < -0.4 is 15.2 Å². The van der Waals surface area contributed by atoms with E-state index in [1.165, 1.54) is 10.8 Å². The Balaban J connectivity index is 3.21. The van der Waals surface area contributed by atoms with E-state index in [1.807, 2.05) is 0 Å². The van der Waals surface area contributed by atoms with Crippen molar-refractivity contribution in [2.24, 2.45) is 5.73 Å². The number of alkyl halides is 3. The van der Waals surface area contributed by atoms with Crippen LogP contribution in [-0.2, 0) is 10.0 Å². The summed E-state index contributed by atoms with van der Waals surface area (Å²) in [4.78, 5) is 9.61. The molecule has 0 radical (unpaired) electrons. The van der Waals surface area contributed by atoms with Gasteiger partial charge in [-0.2, -0.15) is 0 Å². The number of benzene rings is 1. The minimum atomic E-state index is -5.06. The van der Waals surface area contributed by atoms with Crippen molar-refractivity contribution in [2.75, 3.05) is 0 Å². The average molecular weight is 284 g/mol. The number of halogens is 3. The van der Waals surface area contributed by atoms with Gasteiger partial charge >= 0.3 is 12.4 Å². The van der Waals surface area contributed by atoms with E-state index in [9.17, 15) is 26.4 Å². The molecule has 2 amide bonds. The van der Waals surface area contributed by atoms with Gasteiger partial charge in [-0.05, 0) is 12.1 Å². The SMILES string of the molecule is NC(=O)NS(=O)(=O)c1ccccc1OC(F)(F)F. The lowest BCUT2D eigenvalue weighted by Gasteiger charge is -2.13. The number of urea groups is 1. The molecule has 1 aromatic rings. The summed E-state index contributed by atoms with van der Waals surface area (Å²) in [6.45, 7) is 0. The predicted octanol–water partition coefficient (Wildman–Crippen LogP) is 0.942. The lowest BCUT2D eigenvalue weighted by Crippen LogP contribution is -2.35. The molecule has 0 aliphatic carbocycles. The number of hydrogen-bond donors (Lipinski definition) is 2. The number of ether oxygens (including phenoxy) is 1. The van der Waals surface area contributed by atoms with E-state index in [2.05, 4.69) is 10.5 Å². The Morgan fingerprint density at radius 3 is 2.33 bits per heavy atom. The van der Waals surface area contributed by atoms with Gasteiger partial charge in [0.1, 0.15) is 10.6 Å². The van der Waals surface area contributed by atoms with Crippen molar-refractivity contribution in [3.8, 4) is 5.75 Å². The molecule has 0 aromatic heterocycles. The highest BCUT2D eigenvalue weighted by atomic mass is 32.2. The Labute approximate surface area is 99.6 Å². The number of nitrogens with one attached hydrogen (secondary N) is 1. The average Bonchev–Trinajstić information content (AvgIpc) is 2.13. The number of primary amides is 1. The maximum atomic E-state index is 12.0. The van der Waals surface area contributed by atoms with E-state index < -0.39 is 33.1 Å². The van der Waals surface area contributed by atoms with Crippen molar-refractivity contribution in [1.29, 1.82) is 0 Å². The third-order valence-electron chi connectivity index (χ3n) is 1.60. The first-order valence-electron chi connectivity index (χ1n) is 4.29. The van der Waals surface area contributed by atoms with Crippen LogP contribution in [0.2, 0.25) is 0 Å². The van der Waals surface area contributed by atoms with Gasteiger partial charge in [-0.15, -0.1) is 13.2 Å². The molecule has 1 aromatic carbocycles. The summed E-state index contributed by atoms with van der Waals surface area (Å²) in [7, 11) is -4.51. The Morgan fingerprint density at radius 2 is 1.83 bits per heavy atom. The molecular weight excluding hydrogens is 277 g/mol. The fourth-order valence-electron chi connectivity index (χ4n) is 1.07. The third kappa shape index (κ3) is 3.80. The molecule has 0 spiro atoms. The fourth-order valence-corrected chi connectivity index (χ4v) is 2.08. The van der Waals surface area contributed by atoms with Crippen molar-refractivity contribution in [3.63, 3.8) is 0 Å². The summed E-state index contributed by atoms with van der Waals surface area (Å²) in [6, 6.07) is 2.52. The molecule has 0 saturated carbocycles. The second-order valence-corrected chi connectivity index (χ2v) is 4.62. The largest absolute Gasteiger partial charge is 0.573 e. The van der Waals surface area contributed by atoms with Gasteiger partial charge in [0, 0.05) is 0 Å².